The Morgan fingerprint density at radius 1 is 0.955 bits per heavy atom. The minimum atomic E-state index is -0.184. The quantitative estimate of drug-likeness (QED) is 0.880. The molecular formula is C18H17NO2S. The zero-order valence-electron chi connectivity index (χ0n) is 12.3. The van der Waals surface area contributed by atoms with Gasteiger partial charge in [-0.2, -0.15) is 0 Å². The Bertz CT molecular complexity index is 693. The molecule has 0 atom stereocenters. The zero-order chi connectivity index (χ0) is 15.5. The molecule has 0 radical (unpaired) electrons. The van der Waals surface area contributed by atoms with Crippen LogP contribution in [0.4, 0.5) is 0 Å². The number of imide groups is 1. The van der Waals surface area contributed by atoms with E-state index in [2.05, 4.69) is 42.6 Å². The van der Waals surface area contributed by atoms with Crippen molar-refractivity contribution in [1.29, 1.82) is 0 Å². The van der Waals surface area contributed by atoms with Crippen LogP contribution in [0.15, 0.2) is 58.3 Å². The molecule has 0 aliphatic carbocycles. The first-order valence-corrected chi connectivity index (χ1v) is 8.09. The van der Waals surface area contributed by atoms with Gasteiger partial charge >= 0.3 is 0 Å². The van der Waals surface area contributed by atoms with Gasteiger partial charge in [0, 0.05) is 28.6 Å². The van der Waals surface area contributed by atoms with E-state index in [-0.39, 0.29) is 17.7 Å². The van der Waals surface area contributed by atoms with E-state index in [1.165, 1.54) is 5.56 Å². The molecule has 2 aromatic carbocycles. The number of hydrogen-bond acceptors (Lipinski definition) is 3. The third-order valence-corrected chi connectivity index (χ3v) is 4.85. The predicted octanol–water partition coefficient (Wildman–Crippen LogP) is 3.67. The SMILES string of the molecule is Cc1ccc(Sc2ccccc2C2CC(=O)NC(=O)C2)cc1. The molecule has 1 saturated heterocycles. The average molecular weight is 311 g/mol. The Hall–Kier alpha value is -2.07. The third-order valence-electron chi connectivity index (χ3n) is 3.75. The van der Waals surface area contributed by atoms with Crippen LogP contribution < -0.4 is 5.32 Å². The van der Waals surface area contributed by atoms with Crippen LogP contribution in [0.5, 0.6) is 0 Å². The molecule has 1 fully saturated rings. The summed E-state index contributed by atoms with van der Waals surface area (Å²) in [4.78, 5) is 25.5. The van der Waals surface area contributed by atoms with Crippen LogP contribution in [0.1, 0.15) is 29.9 Å². The first kappa shape index (κ1) is 14.9. The van der Waals surface area contributed by atoms with Crippen molar-refractivity contribution in [2.24, 2.45) is 0 Å². The molecular weight excluding hydrogens is 294 g/mol. The third kappa shape index (κ3) is 3.39. The van der Waals surface area contributed by atoms with Crippen molar-refractivity contribution >= 4 is 23.6 Å². The van der Waals surface area contributed by atoms with Crippen LogP contribution in [0.2, 0.25) is 0 Å². The maximum atomic E-state index is 11.6. The van der Waals surface area contributed by atoms with E-state index in [4.69, 9.17) is 0 Å². The molecule has 0 spiro atoms. The number of carbonyl (C=O) groups excluding carboxylic acids is 2. The second-order valence-electron chi connectivity index (χ2n) is 5.53. The molecule has 1 aliphatic heterocycles. The van der Waals surface area contributed by atoms with Gasteiger partial charge in [0.05, 0.1) is 0 Å². The molecule has 1 aliphatic rings. The second kappa shape index (κ2) is 6.36. The van der Waals surface area contributed by atoms with Crippen LogP contribution in [0, 0.1) is 6.92 Å². The summed E-state index contributed by atoms with van der Waals surface area (Å²) < 4.78 is 0. The molecule has 22 heavy (non-hydrogen) atoms. The minimum absolute atomic E-state index is 0.0320. The van der Waals surface area contributed by atoms with Crippen LogP contribution in [-0.2, 0) is 9.59 Å². The van der Waals surface area contributed by atoms with Crippen molar-refractivity contribution in [3.63, 3.8) is 0 Å². The number of aryl methyl sites for hydroxylation is 1. The number of carbonyl (C=O) groups is 2. The molecule has 3 rings (SSSR count). The maximum absolute atomic E-state index is 11.6. The Morgan fingerprint density at radius 3 is 2.27 bits per heavy atom. The fourth-order valence-electron chi connectivity index (χ4n) is 2.64. The van der Waals surface area contributed by atoms with Crippen LogP contribution in [0.3, 0.4) is 0 Å². The molecule has 0 unspecified atom stereocenters. The van der Waals surface area contributed by atoms with Crippen LogP contribution in [0.25, 0.3) is 0 Å². The van der Waals surface area contributed by atoms with Gasteiger partial charge < -0.3 is 0 Å². The standard InChI is InChI=1S/C18H17NO2S/c1-12-6-8-14(9-7-12)22-16-5-3-2-4-15(16)13-10-17(20)19-18(21)11-13/h2-9,13H,10-11H2,1H3,(H,19,20,21). The summed E-state index contributed by atoms with van der Waals surface area (Å²) in [6, 6.07) is 16.4. The molecule has 2 amide bonds. The van der Waals surface area contributed by atoms with Crippen molar-refractivity contribution in [2.75, 3.05) is 0 Å². The van der Waals surface area contributed by atoms with Crippen molar-refractivity contribution in [2.45, 2.75) is 35.5 Å². The molecule has 1 heterocycles. The Labute approximate surface area is 134 Å². The van der Waals surface area contributed by atoms with E-state index < -0.39 is 0 Å². The predicted molar refractivity (Wildman–Crippen MR) is 86.9 cm³/mol. The first-order valence-electron chi connectivity index (χ1n) is 7.28. The summed E-state index contributed by atoms with van der Waals surface area (Å²) >= 11 is 1.68. The van der Waals surface area contributed by atoms with Crippen molar-refractivity contribution in [3.05, 3.63) is 59.7 Å². The van der Waals surface area contributed by atoms with Gasteiger partial charge in [0.25, 0.3) is 0 Å². The molecule has 0 bridgehead atoms. The normalized spacial score (nSPS) is 15.7. The summed E-state index contributed by atoms with van der Waals surface area (Å²) in [5.74, 6) is -0.400. The van der Waals surface area contributed by atoms with Gasteiger partial charge in [-0.1, -0.05) is 47.7 Å². The number of piperidine rings is 1. The zero-order valence-corrected chi connectivity index (χ0v) is 13.2. The van der Waals surface area contributed by atoms with Gasteiger partial charge in [0.1, 0.15) is 0 Å². The fourth-order valence-corrected chi connectivity index (χ4v) is 3.67. The van der Waals surface area contributed by atoms with E-state index in [1.54, 1.807) is 11.8 Å². The first-order chi connectivity index (χ1) is 10.6. The van der Waals surface area contributed by atoms with E-state index in [0.717, 1.165) is 15.4 Å². The monoisotopic (exact) mass is 311 g/mol. The molecule has 2 aromatic rings. The van der Waals surface area contributed by atoms with Crippen molar-refractivity contribution in [1.82, 2.24) is 5.32 Å². The summed E-state index contributed by atoms with van der Waals surface area (Å²) in [6.07, 6.45) is 0.744. The lowest BCUT2D eigenvalue weighted by Gasteiger charge is -2.23. The smallest absolute Gasteiger partial charge is 0.227 e. The van der Waals surface area contributed by atoms with E-state index in [1.807, 2.05) is 18.2 Å². The number of nitrogens with one attached hydrogen (secondary N) is 1. The van der Waals surface area contributed by atoms with Gasteiger partial charge in [-0.05, 0) is 30.7 Å². The maximum Gasteiger partial charge on any atom is 0.227 e. The summed E-state index contributed by atoms with van der Waals surface area (Å²) in [5.41, 5.74) is 2.31. The second-order valence-corrected chi connectivity index (χ2v) is 6.64. The Kier molecular flexibility index (Phi) is 4.29. The van der Waals surface area contributed by atoms with Crippen molar-refractivity contribution < 1.29 is 9.59 Å². The molecule has 4 heteroatoms. The lowest BCUT2D eigenvalue weighted by molar-refractivity contribution is -0.133. The molecule has 3 nitrogen and oxygen atoms in total. The fraction of sp³-hybridized carbons (Fsp3) is 0.222. The highest BCUT2D eigenvalue weighted by Gasteiger charge is 2.27. The Balaban J connectivity index is 1.87. The van der Waals surface area contributed by atoms with Gasteiger partial charge in [0.2, 0.25) is 11.8 Å². The minimum Gasteiger partial charge on any atom is -0.296 e. The number of amides is 2. The molecule has 0 saturated carbocycles. The van der Waals surface area contributed by atoms with Gasteiger partial charge in [-0.25, -0.2) is 0 Å². The van der Waals surface area contributed by atoms with E-state index in [0.29, 0.717) is 12.8 Å². The highest BCUT2D eigenvalue weighted by atomic mass is 32.2. The number of hydrogen-bond donors (Lipinski definition) is 1. The number of rotatable bonds is 3. The van der Waals surface area contributed by atoms with E-state index >= 15 is 0 Å². The molecule has 112 valence electrons. The summed E-state index contributed by atoms with van der Waals surface area (Å²) in [7, 11) is 0. The molecule has 0 aromatic heterocycles. The van der Waals surface area contributed by atoms with Crippen molar-refractivity contribution in [3.8, 4) is 0 Å². The highest BCUT2D eigenvalue weighted by Crippen LogP contribution is 2.37. The van der Waals surface area contributed by atoms with Gasteiger partial charge in [0.15, 0.2) is 0 Å². The lowest BCUT2D eigenvalue weighted by Crippen LogP contribution is -2.37. The Morgan fingerprint density at radius 2 is 1.59 bits per heavy atom. The number of benzene rings is 2. The molecule has 1 N–H and O–H groups in total. The summed E-state index contributed by atoms with van der Waals surface area (Å²) in [6.45, 7) is 2.06. The van der Waals surface area contributed by atoms with Crippen LogP contribution >= 0.6 is 11.8 Å². The van der Waals surface area contributed by atoms with Gasteiger partial charge in [-0.3, -0.25) is 14.9 Å². The average Bonchev–Trinajstić information content (AvgIpc) is 2.49. The van der Waals surface area contributed by atoms with Crippen LogP contribution in [-0.4, -0.2) is 11.8 Å². The lowest BCUT2D eigenvalue weighted by atomic mass is 9.89. The van der Waals surface area contributed by atoms with E-state index in [9.17, 15) is 9.59 Å². The topological polar surface area (TPSA) is 46.2 Å². The van der Waals surface area contributed by atoms with Gasteiger partial charge in [-0.15, -0.1) is 0 Å². The highest BCUT2D eigenvalue weighted by molar-refractivity contribution is 7.99. The largest absolute Gasteiger partial charge is 0.296 e. The summed E-state index contributed by atoms with van der Waals surface area (Å²) in [5, 5.41) is 2.37.